The number of aromatic amines is 1. The van der Waals surface area contributed by atoms with E-state index in [1.54, 1.807) is 6.20 Å². The summed E-state index contributed by atoms with van der Waals surface area (Å²) >= 11 is 0. The minimum atomic E-state index is 0.222. The zero-order valence-electron chi connectivity index (χ0n) is 22.2. The molecule has 1 saturated heterocycles. The van der Waals surface area contributed by atoms with Gasteiger partial charge >= 0.3 is 0 Å². The number of H-pyrrole nitrogens is 1. The van der Waals surface area contributed by atoms with Crippen LogP contribution in [0.2, 0.25) is 0 Å². The van der Waals surface area contributed by atoms with Crippen LogP contribution in [0.1, 0.15) is 30.2 Å². The van der Waals surface area contributed by atoms with Gasteiger partial charge in [0.05, 0.1) is 11.4 Å². The molecule has 0 spiro atoms. The number of nitrogens with zero attached hydrogens (tertiary/aromatic N) is 7. The Kier molecular flexibility index (Phi) is 5.31. The van der Waals surface area contributed by atoms with Gasteiger partial charge in [0.25, 0.3) is 0 Å². The Balaban J connectivity index is 1.05. The molecule has 1 aliphatic rings. The molecule has 0 saturated carbocycles. The van der Waals surface area contributed by atoms with Crippen LogP contribution in [0.4, 0.5) is 0 Å². The van der Waals surface area contributed by atoms with E-state index in [9.17, 15) is 0 Å². The van der Waals surface area contributed by atoms with Crippen LogP contribution in [0, 0.1) is 0 Å². The molecule has 5 aromatic heterocycles. The molecule has 6 heterocycles. The van der Waals surface area contributed by atoms with Crippen molar-refractivity contribution in [2.45, 2.75) is 25.3 Å². The normalized spacial score (nSPS) is 16.5. The van der Waals surface area contributed by atoms with Gasteiger partial charge in [-0.2, -0.15) is 5.10 Å². The molecule has 0 amide bonds. The number of aromatic nitrogens is 7. The predicted octanol–water partition coefficient (Wildman–Crippen LogP) is 5.80. The number of nitrogens with one attached hydrogen (secondary N) is 1. The van der Waals surface area contributed by atoms with E-state index in [4.69, 9.17) is 4.42 Å². The summed E-state index contributed by atoms with van der Waals surface area (Å²) in [6, 6.07) is 18.8. The summed E-state index contributed by atoms with van der Waals surface area (Å²) in [5, 5.41) is 19.1. The fourth-order valence-electron chi connectivity index (χ4n) is 6.14. The zero-order valence-corrected chi connectivity index (χ0v) is 22.2. The van der Waals surface area contributed by atoms with Gasteiger partial charge in [-0.05, 0) is 61.3 Å². The fraction of sp³-hybridized carbons (Fsp3) is 0.226. The van der Waals surface area contributed by atoms with E-state index in [1.807, 2.05) is 41.1 Å². The van der Waals surface area contributed by atoms with Crippen LogP contribution in [-0.2, 0) is 13.6 Å². The first kappa shape index (κ1) is 23.2. The van der Waals surface area contributed by atoms with Crippen molar-refractivity contribution in [1.82, 2.24) is 39.2 Å². The molecule has 8 rings (SSSR count). The van der Waals surface area contributed by atoms with Gasteiger partial charge in [0.1, 0.15) is 11.3 Å². The lowest BCUT2D eigenvalue weighted by molar-refractivity contribution is 0.187. The van der Waals surface area contributed by atoms with E-state index >= 15 is 0 Å². The number of hydrogen-bond acceptors (Lipinski definition) is 6. The Labute approximate surface area is 230 Å². The van der Waals surface area contributed by atoms with Crippen LogP contribution in [-0.4, -0.2) is 52.3 Å². The molecule has 1 aliphatic heterocycles. The number of para-hydroxylation sites is 1. The van der Waals surface area contributed by atoms with Crippen molar-refractivity contribution in [2.24, 2.45) is 7.05 Å². The summed E-state index contributed by atoms with van der Waals surface area (Å²) in [5.74, 6) is 1.48. The van der Waals surface area contributed by atoms with Gasteiger partial charge in [0, 0.05) is 72.3 Å². The first-order chi connectivity index (χ1) is 19.7. The molecular formula is C31H28N8O. The van der Waals surface area contributed by atoms with Crippen LogP contribution >= 0.6 is 0 Å². The van der Waals surface area contributed by atoms with E-state index in [2.05, 4.69) is 78.4 Å². The van der Waals surface area contributed by atoms with Gasteiger partial charge in [0.2, 0.25) is 11.8 Å². The number of pyridine rings is 1. The Morgan fingerprint density at radius 1 is 1.00 bits per heavy atom. The van der Waals surface area contributed by atoms with Crippen molar-refractivity contribution in [2.75, 3.05) is 13.1 Å². The topological polar surface area (TPSA) is 93.1 Å². The smallest absolute Gasteiger partial charge is 0.247 e. The maximum atomic E-state index is 6.30. The molecule has 0 radical (unpaired) electrons. The first-order valence-electron chi connectivity index (χ1n) is 13.7. The third-order valence-corrected chi connectivity index (χ3v) is 8.14. The van der Waals surface area contributed by atoms with Gasteiger partial charge in [-0.15, -0.1) is 10.2 Å². The largest absolute Gasteiger partial charge is 0.420 e. The van der Waals surface area contributed by atoms with Crippen molar-refractivity contribution >= 4 is 27.5 Å². The summed E-state index contributed by atoms with van der Waals surface area (Å²) < 4.78 is 10.5. The zero-order chi connectivity index (χ0) is 26.6. The molecule has 198 valence electrons. The van der Waals surface area contributed by atoms with Gasteiger partial charge in [-0.3, -0.25) is 10.00 Å². The monoisotopic (exact) mass is 528 g/mol. The van der Waals surface area contributed by atoms with Crippen LogP contribution in [0.15, 0.2) is 83.8 Å². The quantitative estimate of drug-likeness (QED) is 0.304. The minimum absolute atomic E-state index is 0.222. The van der Waals surface area contributed by atoms with Crippen molar-refractivity contribution in [3.8, 4) is 22.7 Å². The second-order valence-corrected chi connectivity index (χ2v) is 10.7. The van der Waals surface area contributed by atoms with E-state index in [-0.39, 0.29) is 5.92 Å². The fourth-order valence-corrected chi connectivity index (χ4v) is 6.14. The second-order valence-electron chi connectivity index (χ2n) is 10.7. The molecule has 1 unspecified atom stereocenters. The maximum absolute atomic E-state index is 6.30. The SMILES string of the molecule is Cn1cc(CN2CCCC(c3nnc(-c4ccc5[nH]nc(-c6ccc7nccn7c6)c5c4)o3)C2)c2ccccc21. The number of aryl methyl sites for hydroxylation is 1. The standard InChI is InChI=1S/C31H28N8O/c1-37-16-23(24-6-2-3-7-27(24)37)18-38-13-4-5-22(17-38)31-36-35-30(40-31)20-8-10-26-25(15-20)29(34-33-26)21-9-11-28-32-12-14-39(28)19-21/h2-3,6-12,14-16,19,22H,4-5,13,17-18H2,1H3,(H,33,34). The third-order valence-electron chi connectivity index (χ3n) is 8.14. The van der Waals surface area contributed by atoms with Crippen molar-refractivity contribution < 1.29 is 4.42 Å². The highest BCUT2D eigenvalue weighted by Crippen LogP contribution is 2.33. The van der Waals surface area contributed by atoms with E-state index in [0.29, 0.717) is 5.89 Å². The predicted molar refractivity (Wildman–Crippen MR) is 154 cm³/mol. The Morgan fingerprint density at radius 3 is 2.90 bits per heavy atom. The first-order valence-corrected chi connectivity index (χ1v) is 13.7. The molecule has 0 bridgehead atoms. The highest BCUT2D eigenvalue weighted by atomic mass is 16.4. The number of likely N-dealkylation sites (tertiary alicyclic amines) is 1. The van der Waals surface area contributed by atoms with E-state index < -0.39 is 0 Å². The number of hydrogen-bond donors (Lipinski definition) is 1. The molecule has 1 fully saturated rings. The molecule has 40 heavy (non-hydrogen) atoms. The van der Waals surface area contributed by atoms with Crippen LogP contribution in [0.25, 0.3) is 50.2 Å². The summed E-state index contributed by atoms with van der Waals surface area (Å²) in [7, 11) is 2.12. The molecule has 2 aromatic carbocycles. The molecule has 9 heteroatoms. The lowest BCUT2D eigenvalue weighted by atomic mass is 9.97. The number of piperidine rings is 1. The van der Waals surface area contributed by atoms with Gasteiger partial charge in [-0.1, -0.05) is 18.2 Å². The average molecular weight is 529 g/mol. The lowest BCUT2D eigenvalue weighted by Crippen LogP contribution is -2.34. The lowest BCUT2D eigenvalue weighted by Gasteiger charge is -2.30. The van der Waals surface area contributed by atoms with Gasteiger partial charge in [-0.25, -0.2) is 4.98 Å². The van der Waals surface area contributed by atoms with Crippen molar-refractivity contribution in [3.63, 3.8) is 0 Å². The average Bonchev–Trinajstić information content (AvgIpc) is 3.79. The third kappa shape index (κ3) is 3.89. The summed E-state index contributed by atoms with van der Waals surface area (Å²) in [4.78, 5) is 6.85. The Morgan fingerprint density at radius 2 is 1.93 bits per heavy atom. The maximum Gasteiger partial charge on any atom is 0.247 e. The minimum Gasteiger partial charge on any atom is -0.420 e. The highest BCUT2D eigenvalue weighted by Gasteiger charge is 2.27. The Hall–Kier alpha value is -4.76. The van der Waals surface area contributed by atoms with Crippen LogP contribution < -0.4 is 0 Å². The van der Waals surface area contributed by atoms with Gasteiger partial charge < -0.3 is 13.4 Å². The number of rotatable bonds is 5. The van der Waals surface area contributed by atoms with Crippen molar-refractivity contribution in [1.29, 1.82) is 0 Å². The van der Waals surface area contributed by atoms with Gasteiger partial charge in [0.15, 0.2) is 0 Å². The van der Waals surface area contributed by atoms with Crippen molar-refractivity contribution in [3.05, 3.63) is 90.8 Å². The Bertz CT molecular complexity index is 1990. The molecule has 1 atom stereocenters. The molecule has 9 nitrogen and oxygen atoms in total. The second kappa shape index (κ2) is 9.17. The van der Waals surface area contributed by atoms with E-state index in [0.717, 1.165) is 71.7 Å². The van der Waals surface area contributed by atoms with E-state index in [1.165, 1.54) is 16.5 Å². The van der Waals surface area contributed by atoms with Crippen LogP contribution in [0.5, 0.6) is 0 Å². The molecule has 1 N–H and O–H groups in total. The summed E-state index contributed by atoms with van der Waals surface area (Å²) in [6.07, 6.45) is 10.2. The number of imidazole rings is 1. The van der Waals surface area contributed by atoms with Crippen LogP contribution in [0.3, 0.4) is 0 Å². The summed E-state index contributed by atoms with van der Waals surface area (Å²) in [5.41, 5.74) is 7.27. The highest BCUT2D eigenvalue weighted by molar-refractivity contribution is 5.95. The summed E-state index contributed by atoms with van der Waals surface area (Å²) in [6.45, 7) is 2.90. The number of fused-ring (bicyclic) bond motifs is 3. The molecular weight excluding hydrogens is 500 g/mol. The molecule has 7 aromatic rings. The number of benzene rings is 2. The molecule has 0 aliphatic carbocycles.